The van der Waals surface area contributed by atoms with Gasteiger partial charge in [-0.1, -0.05) is 63.2 Å². The SMILES string of the molecule is CN1C(=O)C(NC(=O)Nc2ccc(C(C)(C)C)cc2)N=C(c2ccccc2F)c2ccccc21. The molecule has 2 N–H and O–H groups in total. The molecule has 1 heterocycles. The topological polar surface area (TPSA) is 73.8 Å². The number of hydrogen-bond donors (Lipinski definition) is 2. The summed E-state index contributed by atoms with van der Waals surface area (Å²) in [5.41, 5.74) is 3.44. The fourth-order valence-corrected chi connectivity index (χ4v) is 3.83. The lowest BCUT2D eigenvalue weighted by Gasteiger charge is -2.21. The van der Waals surface area contributed by atoms with Crippen LogP contribution in [0, 0.1) is 5.82 Å². The van der Waals surface area contributed by atoms with E-state index in [1.807, 2.05) is 24.3 Å². The summed E-state index contributed by atoms with van der Waals surface area (Å²) in [6.45, 7) is 6.33. The Morgan fingerprint density at radius 1 is 0.941 bits per heavy atom. The molecule has 1 aliphatic heterocycles. The highest BCUT2D eigenvalue weighted by molar-refractivity contribution is 6.20. The van der Waals surface area contributed by atoms with Gasteiger partial charge in [0.25, 0.3) is 5.91 Å². The minimum absolute atomic E-state index is 0.00895. The lowest BCUT2D eigenvalue weighted by atomic mass is 9.87. The molecule has 1 atom stereocenters. The predicted octanol–water partition coefficient (Wildman–Crippen LogP) is 5.08. The second kappa shape index (κ2) is 9.09. The van der Waals surface area contributed by atoms with Crippen LogP contribution >= 0.6 is 0 Å². The number of fused-ring (bicyclic) bond motifs is 1. The van der Waals surface area contributed by atoms with Crippen molar-refractivity contribution in [2.45, 2.75) is 32.4 Å². The van der Waals surface area contributed by atoms with Crippen LogP contribution in [0.15, 0.2) is 77.8 Å². The standard InChI is InChI=1S/C27H27FN4O2/c1-27(2,3)17-13-15-18(16-14-17)29-26(34)31-24-25(33)32(4)22-12-8-6-10-20(22)23(30-24)19-9-5-7-11-21(19)28/h5-16,24H,1-4H3,(H2,29,31,34). The van der Waals surface area contributed by atoms with Gasteiger partial charge in [0.15, 0.2) is 0 Å². The highest BCUT2D eigenvalue weighted by Crippen LogP contribution is 2.28. The maximum atomic E-state index is 14.7. The molecule has 1 aliphatic rings. The van der Waals surface area contributed by atoms with Crippen LogP contribution in [0.5, 0.6) is 0 Å². The molecule has 0 aliphatic carbocycles. The Labute approximate surface area is 198 Å². The lowest BCUT2D eigenvalue weighted by Crippen LogP contribution is -2.47. The van der Waals surface area contributed by atoms with Gasteiger partial charge in [-0.05, 0) is 41.3 Å². The van der Waals surface area contributed by atoms with Crippen LogP contribution in [0.3, 0.4) is 0 Å². The number of likely N-dealkylation sites (N-methyl/N-ethyl adjacent to an activating group) is 1. The molecule has 0 bridgehead atoms. The van der Waals surface area contributed by atoms with Gasteiger partial charge in [0.1, 0.15) is 5.82 Å². The Kier molecular flexibility index (Phi) is 6.20. The number of benzodiazepines with no additional fused rings is 1. The molecule has 34 heavy (non-hydrogen) atoms. The zero-order valence-corrected chi connectivity index (χ0v) is 19.6. The highest BCUT2D eigenvalue weighted by atomic mass is 19.1. The molecule has 4 rings (SSSR count). The zero-order chi connectivity index (χ0) is 24.5. The van der Waals surface area contributed by atoms with Gasteiger partial charge in [-0.15, -0.1) is 0 Å². The van der Waals surface area contributed by atoms with Crippen LogP contribution in [0.1, 0.15) is 37.5 Å². The van der Waals surface area contributed by atoms with Gasteiger partial charge < -0.3 is 15.5 Å². The molecule has 0 radical (unpaired) electrons. The number of urea groups is 1. The first-order valence-electron chi connectivity index (χ1n) is 11.0. The van der Waals surface area contributed by atoms with E-state index in [1.54, 1.807) is 49.5 Å². The monoisotopic (exact) mass is 458 g/mol. The van der Waals surface area contributed by atoms with Crippen molar-refractivity contribution in [1.29, 1.82) is 0 Å². The second-order valence-corrected chi connectivity index (χ2v) is 9.20. The van der Waals surface area contributed by atoms with Crippen LogP contribution in [0.2, 0.25) is 0 Å². The van der Waals surface area contributed by atoms with Crippen molar-refractivity contribution in [3.8, 4) is 0 Å². The van der Waals surface area contributed by atoms with Gasteiger partial charge in [-0.2, -0.15) is 0 Å². The number of aliphatic imine (C=N–C) groups is 1. The summed E-state index contributed by atoms with van der Waals surface area (Å²) >= 11 is 0. The summed E-state index contributed by atoms with van der Waals surface area (Å²) in [4.78, 5) is 31.9. The first kappa shape index (κ1) is 23.2. The van der Waals surface area contributed by atoms with Gasteiger partial charge in [-0.25, -0.2) is 14.2 Å². The molecule has 6 nitrogen and oxygen atoms in total. The summed E-state index contributed by atoms with van der Waals surface area (Å²) in [6, 6.07) is 20.3. The molecule has 7 heteroatoms. The Morgan fingerprint density at radius 2 is 1.56 bits per heavy atom. The first-order chi connectivity index (χ1) is 16.1. The number of carbonyl (C=O) groups excluding carboxylic acids is 2. The quantitative estimate of drug-likeness (QED) is 0.574. The van der Waals surface area contributed by atoms with Gasteiger partial charge in [-0.3, -0.25) is 4.79 Å². The van der Waals surface area contributed by atoms with Crippen LogP contribution < -0.4 is 15.5 Å². The highest BCUT2D eigenvalue weighted by Gasteiger charge is 2.31. The molecule has 3 aromatic carbocycles. The van der Waals surface area contributed by atoms with E-state index in [-0.39, 0.29) is 11.0 Å². The van der Waals surface area contributed by atoms with Gasteiger partial charge in [0.2, 0.25) is 6.17 Å². The molecule has 0 saturated carbocycles. The van der Waals surface area contributed by atoms with E-state index >= 15 is 0 Å². The maximum absolute atomic E-state index is 14.7. The molecule has 1 unspecified atom stereocenters. The van der Waals surface area contributed by atoms with E-state index in [9.17, 15) is 14.0 Å². The average Bonchev–Trinajstić information content (AvgIpc) is 2.90. The van der Waals surface area contributed by atoms with Crippen molar-refractivity contribution in [1.82, 2.24) is 5.32 Å². The Bertz CT molecular complexity index is 1260. The average molecular weight is 459 g/mol. The number of anilines is 2. The van der Waals surface area contributed by atoms with E-state index in [0.29, 0.717) is 22.6 Å². The van der Waals surface area contributed by atoms with E-state index < -0.39 is 23.9 Å². The normalized spacial score (nSPS) is 15.8. The first-order valence-corrected chi connectivity index (χ1v) is 11.0. The number of nitrogens with zero attached hydrogens (tertiary/aromatic N) is 2. The Morgan fingerprint density at radius 3 is 2.21 bits per heavy atom. The molecular weight excluding hydrogens is 431 g/mol. The minimum Gasteiger partial charge on any atom is -0.311 e. The Hall–Kier alpha value is -4.00. The van der Waals surface area contributed by atoms with Gasteiger partial charge in [0, 0.05) is 23.9 Å². The zero-order valence-electron chi connectivity index (χ0n) is 19.6. The molecule has 0 spiro atoms. The summed E-state index contributed by atoms with van der Waals surface area (Å²) in [5.74, 6) is -0.896. The fourth-order valence-electron chi connectivity index (χ4n) is 3.83. The summed E-state index contributed by atoms with van der Waals surface area (Å²) < 4.78 is 14.7. The summed E-state index contributed by atoms with van der Waals surface area (Å²) in [7, 11) is 1.61. The molecule has 0 saturated heterocycles. The summed E-state index contributed by atoms with van der Waals surface area (Å²) in [6.07, 6.45) is -1.24. The molecule has 0 fully saturated rings. The second-order valence-electron chi connectivity index (χ2n) is 9.20. The molecule has 3 aromatic rings. The molecule has 0 aromatic heterocycles. The number of hydrogen-bond acceptors (Lipinski definition) is 3. The minimum atomic E-state index is -1.24. The molecule has 174 valence electrons. The number of para-hydroxylation sites is 1. The third-order valence-corrected chi connectivity index (χ3v) is 5.75. The predicted molar refractivity (Wildman–Crippen MR) is 133 cm³/mol. The van der Waals surface area contributed by atoms with Crippen LogP contribution in [-0.2, 0) is 10.2 Å². The van der Waals surface area contributed by atoms with Crippen molar-refractivity contribution in [2.75, 3.05) is 17.3 Å². The number of benzene rings is 3. The lowest BCUT2D eigenvalue weighted by molar-refractivity contribution is -0.119. The fraction of sp³-hybridized carbons (Fsp3) is 0.222. The number of halogens is 1. The van der Waals surface area contributed by atoms with Crippen molar-refractivity contribution < 1.29 is 14.0 Å². The van der Waals surface area contributed by atoms with Crippen LogP contribution in [0.25, 0.3) is 0 Å². The van der Waals surface area contributed by atoms with Crippen LogP contribution in [-0.4, -0.2) is 30.9 Å². The summed E-state index contributed by atoms with van der Waals surface area (Å²) in [5, 5.41) is 5.38. The molecular formula is C27H27FN4O2. The Balaban J connectivity index is 1.64. The number of amides is 3. The molecule has 3 amide bonds. The van der Waals surface area contributed by atoms with Gasteiger partial charge >= 0.3 is 6.03 Å². The van der Waals surface area contributed by atoms with E-state index in [1.165, 1.54) is 11.0 Å². The van der Waals surface area contributed by atoms with Gasteiger partial charge in [0.05, 0.1) is 11.4 Å². The van der Waals surface area contributed by atoms with Crippen molar-refractivity contribution in [2.24, 2.45) is 4.99 Å². The van der Waals surface area contributed by atoms with E-state index in [0.717, 1.165) is 5.56 Å². The van der Waals surface area contributed by atoms with E-state index in [2.05, 4.69) is 36.4 Å². The number of carbonyl (C=O) groups is 2. The maximum Gasteiger partial charge on any atom is 0.321 e. The third kappa shape index (κ3) is 4.69. The number of nitrogens with one attached hydrogen (secondary N) is 2. The third-order valence-electron chi connectivity index (χ3n) is 5.75. The van der Waals surface area contributed by atoms with Crippen molar-refractivity contribution in [3.05, 3.63) is 95.3 Å². The van der Waals surface area contributed by atoms with Crippen LogP contribution in [0.4, 0.5) is 20.6 Å². The van der Waals surface area contributed by atoms with E-state index in [4.69, 9.17) is 0 Å². The van der Waals surface area contributed by atoms with Crippen molar-refractivity contribution >= 4 is 29.0 Å². The largest absolute Gasteiger partial charge is 0.321 e. The smallest absolute Gasteiger partial charge is 0.311 e. The number of rotatable bonds is 3. The van der Waals surface area contributed by atoms with Crippen molar-refractivity contribution in [3.63, 3.8) is 0 Å².